The Morgan fingerprint density at radius 2 is 2.25 bits per heavy atom. The Morgan fingerprint density at radius 3 is 2.81 bits per heavy atom. The summed E-state index contributed by atoms with van der Waals surface area (Å²) >= 11 is 4.83. The second-order valence-electron chi connectivity index (χ2n) is 2.78. The van der Waals surface area contributed by atoms with Crippen LogP contribution in [0.1, 0.15) is 16.3 Å². The molecule has 0 radical (unpaired) electrons. The number of hydrogen-bond donors (Lipinski definition) is 1. The average Bonchev–Trinajstić information content (AvgIpc) is 2.58. The maximum Gasteiger partial charge on any atom is 0.375 e. The molecule has 0 saturated carbocycles. The molecule has 2 aromatic heterocycles. The predicted molar refractivity (Wildman–Crippen MR) is 47.5 cm³/mol. The van der Waals surface area contributed by atoms with Crippen LogP contribution in [0.5, 0.6) is 0 Å². The normalized spacial score (nSPS) is 11.9. The van der Waals surface area contributed by atoms with Crippen LogP contribution in [0.2, 0.25) is 0 Å². The van der Waals surface area contributed by atoms with Crippen molar-refractivity contribution in [3.05, 3.63) is 23.8 Å². The maximum absolute atomic E-state index is 12.9. The van der Waals surface area contributed by atoms with Crippen LogP contribution in [-0.4, -0.2) is 30.7 Å². The van der Waals surface area contributed by atoms with E-state index in [1.807, 2.05) is 0 Å². The highest BCUT2D eigenvalue weighted by molar-refractivity contribution is 6.21. The molecule has 84 valence electrons. The molecule has 6 nitrogen and oxygen atoms in total. The number of alkyl halides is 3. The standard InChI is InChI=1S/C7H3ClF2N4O2/c8-7(9,10)3-1-2-11-6-12-4(5(15)16)13-14(3)6/h1-2H,(H,15,16). The SMILES string of the molecule is O=C(O)c1nc2nccc(C(F)(F)Cl)n2n1. The molecular weight excluding hydrogens is 246 g/mol. The molecule has 0 fully saturated rings. The lowest BCUT2D eigenvalue weighted by atomic mass is 10.4. The molecular formula is C7H3ClF2N4O2. The molecule has 16 heavy (non-hydrogen) atoms. The van der Waals surface area contributed by atoms with Crippen molar-refractivity contribution < 1.29 is 18.7 Å². The van der Waals surface area contributed by atoms with Crippen molar-refractivity contribution in [1.29, 1.82) is 0 Å². The molecule has 0 bridgehead atoms. The molecule has 1 N–H and O–H groups in total. The zero-order chi connectivity index (χ0) is 11.9. The molecule has 2 heterocycles. The van der Waals surface area contributed by atoms with Gasteiger partial charge in [0.15, 0.2) is 0 Å². The number of carbonyl (C=O) groups is 1. The minimum atomic E-state index is -3.68. The van der Waals surface area contributed by atoms with Gasteiger partial charge in [0.2, 0.25) is 0 Å². The zero-order valence-corrected chi connectivity index (χ0v) is 8.19. The first-order valence-electron chi connectivity index (χ1n) is 3.92. The quantitative estimate of drug-likeness (QED) is 0.805. The van der Waals surface area contributed by atoms with Crippen molar-refractivity contribution >= 4 is 23.3 Å². The topological polar surface area (TPSA) is 80.4 Å². The van der Waals surface area contributed by atoms with E-state index in [0.29, 0.717) is 4.52 Å². The summed E-state index contributed by atoms with van der Waals surface area (Å²) in [6.45, 7) is 0. The van der Waals surface area contributed by atoms with Gasteiger partial charge in [-0.1, -0.05) is 0 Å². The van der Waals surface area contributed by atoms with E-state index in [-0.39, 0.29) is 5.78 Å². The molecule has 0 spiro atoms. The first-order valence-corrected chi connectivity index (χ1v) is 4.29. The maximum atomic E-state index is 12.9. The Morgan fingerprint density at radius 1 is 1.56 bits per heavy atom. The summed E-state index contributed by atoms with van der Waals surface area (Å²) in [5.41, 5.74) is -0.695. The summed E-state index contributed by atoms with van der Waals surface area (Å²) in [5, 5.41) is 8.27. The Labute approximate surface area is 91.5 Å². The molecule has 9 heteroatoms. The summed E-state index contributed by atoms with van der Waals surface area (Å²) in [5.74, 6) is -2.31. The van der Waals surface area contributed by atoms with Gasteiger partial charge in [-0.3, -0.25) is 0 Å². The third kappa shape index (κ3) is 1.67. The number of rotatable bonds is 2. The third-order valence-electron chi connectivity index (χ3n) is 1.72. The minimum Gasteiger partial charge on any atom is -0.475 e. The van der Waals surface area contributed by atoms with E-state index in [0.717, 1.165) is 12.3 Å². The molecule has 0 unspecified atom stereocenters. The van der Waals surface area contributed by atoms with Gasteiger partial charge in [-0.05, 0) is 17.7 Å². The highest BCUT2D eigenvalue weighted by atomic mass is 35.5. The average molecular weight is 249 g/mol. The second kappa shape index (κ2) is 3.34. The second-order valence-corrected chi connectivity index (χ2v) is 3.25. The van der Waals surface area contributed by atoms with Gasteiger partial charge in [0.25, 0.3) is 11.6 Å². The van der Waals surface area contributed by atoms with Gasteiger partial charge in [-0.15, -0.1) is 5.10 Å². The molecule has 2 aromatic rings. The molecule has 0 aliphatic carbocycles. The largest absolute Gasteiger partial charge is 0.475 e. The Hall–Kier alpha value is -1.83. The highest BCUT2D eigenvalue weighted by Gasteiger charge is 2.32. The van der Waals surface area contributed by atoms with Gasteiger partial charge in [0.05, 0.1) is 0 Å². The number of aromatic carboxylic acids is 1. The summed E-state index contributed by atoms with van der Waals surface area (Å²) in [4.78, 5) is 17.6. The zero-order valence-electron chi connectivity index (χ0n) is 7.43. The van der Waals surface area contributed by atoms with Crippen LogP contribution < -0.4 is 0 Å². The van der Waals surface area contributed by atoms with Crippen LogP contribution in [0, 0.1) is 0 Å². The van der Waals surface area contributed by atoms with E-state index in [2.05, 4.69) is 15.1 Å². The fourth-order valence-electron chi connectivity index (χ4n) is 1.10. The number of carboxylic acid groups (broad SMARTS) is 1. The lowest BCUT2D eigenvalue weighted by molar-refractivity contribution is 0.0680. The van der Waals surface area contributed by atoms with Crippen molar-refractivity contribution in [3.8, 4) is 0 Å². The number of hydrogen-bond acceptors (Lipinski definition) is 4. The van der Waals surface area contributed by atoms with Gasteiger partial charge in [0, 0.05) is 6.20 Å². The first kappa shape index (κ1) is 10.7. The van der Waals surface area contributed by atoms with Crippen LogP contribution in [0.25, 0.3) is 5.78 Å². The summed E-state index contributed by atoms with van der Waals surface area (Å²) in [7, 11) is 0. The lowest BCUT2D eigenvalue weighted by Gasteiger charge is -2.07. The molecule has 2 rings (SSSR count). The van der Waals surface area contributed by atoms with Gasteiger partial charge < -0.3 is 5.11 Å². The van der Waals surface area contributed by atoms with Crippen molar-refractivity contribution in [1.82, 2.24) is 19.6 Å². The van der Waals surface area contributed by atoms with E-state index in [4.69, 9.17) is 16.7 Å². The van der Waals surface area contributed by atoms with E-state index < -0.39 is 22.9 Å². The summed E-state index contributed by atoms with van der Waals surface area (Å²) < 4.78 is 26.4. The number of aromatic nitrogens is 4. The van der Waals surface area contributed by atoms with Gasteiger partial charge >= 0.3 is 11.4 Å². The van der Waals surface area contributed by atoms with Gasteiger partial charge in [-0.2, -0.15) is 18.3 Å². The predicted octanol–water partition coefficient (Wildman–Crippen LogP) is 1.11. The monoisotopic (exact) mass is 248 g/mol. The third-order valence-corrected chi connectivity index (χ3v) is 1.92. The molecule has 0 atom stereocenters. The molecule has 0 saturated heterocycles. The van der Waals surface area contributed by atoms with E-state index in [9.17, 15) is 13.6 Å². The molecule has 0 aliphatic heterocycles. The van der Waals surface area contributed by atoms with Crippen molar-refractivity contribution in [2.24, 2.45) is 0 Å². The molecule has 0 aromatic carbocycles. The number of nitrogens with zero attached hydrogens (tertiary/aromatic N) is 4. The Kier molecular flexibility index (Phi) is 2.23. The summed E-state index contributed by atoms with van der Waals surface area (Å²) in [6, 6.07) is 0.931. The fourth-order valence-corrected chi connectivity index (χ4v) is 1.24. The van der Waals surface area contributed by atoms with Crippen LogP contribution >= 0.6 is 11.6 Å². The van der Waals surface area contributed by atoms with Crippen LogP contribution in [0.4, 0.5) is 8.78 Å². The summed E-state index contributed by atoms with van der Waals surface area (Å²) in [6.07, 6.45) is 1.04. The number of fused-ring (bicyclic) bond motifs is 1. The number of carboxylic acids is 1. The lowest BCUT2D eigenvalue weighted by Crippen LogP contribution is -2.12. The van der Waals surface area contributed by atoms with Gasteiger partial charge in [0.1, 0.15) is 5.69 Å². The van der Waals surface area contributed by atoms with Crippen LogP contribution in [0.3, 0.4) is 0 Å². The van der Waals surface area contributed by atoms with E-state index in [1.165, 1.54) is 0 Å². The van der Waals surface area contributed by atoms with Crippen LogP contribution in [-0.2, 0) is 5.38 Å². The Bertz CT molecular complexity index is 565. The fraction of sp³-hybridized carbons (Fsp3) is 0.143. The molecule has 0 aliphatic rings. The highest BCUT2D eigenvalue weighted by Crippen LogP contribution is 2.31. The Balaban J connectivity index is 2.73. The van der Waals surface area contributed by atoms with Crippen molar-refractivity contribution in [2.45, 2.75) is 5.38 Å². The smallest absolute Gasteiger partial charge is 0.375 e. The first-order chi connectivity index (χ1) is 7.39. The molecule has 0 amide bonds. The number of halogens is 3. The van der Waals surface area contributed by atoms with E-state index >= 15 is 0 Å². The minimum absolute atomic E-state index is 0.254. The van der Waals surface area contributed by atoms with E-state index in [1.54, 1.807) is 0 Å². The van der Waals surface area contributed by atoms with Crippen molar-refractivity contribution in [2.75, 3.05) is 0 Å². The van der Waals surface area contributed by atoms with Crippen molar-refractivity contribution in [3.63, 3.8) is 0 Å². The van der Waals surface area contributed by atoms with Crippen LogP contribution in [0.15, 0.2) is 12.3 Å². The van der Waals surface area contributed by atoms with Gasteiger partial charge in [-0.25, -0.2) is 9.78 Å².